The van der Waals surface area contributed by atoms with Gasteiger partial charge in [0.15, 0.2) is 0 Å². The molecule has 0 heterocycles. The van der Waals surface area contributed by atoms with Crippen molar-refractivity contribution in [3.63, 3.8) is 0 Å². The van der Waals surface area contributed by atoms with E-state index in [-0.39, 0.29) is 24.7 Å². The molecule has 0 aromatic heterocycles. The number of nitrogens with one attached hydrogen (secondary N) is 2. The van der Waals surface area contributed by atoms with Crippen molar-refractivity contribution in [3.05, 3.63) is 29.8 Å². The number of para-hydroxylation sites is 1. The van der Waals surface area contributed by atoms with Crippen LogP contribution in [0.25, 0.3) is 0 Å². The van der Waals surface area contributed by atoms with Crippen LogP contribution in [0.15, 0.2) is 24.3 Å². The number of rotatable bonds is 8. The van der Waals surface area contributed by atoms with Gasteiger partial charge in [-0.25, -0.2) is 4.79 Å². The summed E-state index contributed by atoms with van der Waals surface area (Å²) in [5, 5.41) is 14.8. The zero-order valence-corrected chi connectivity index (χ0v) is 13.1. The number of carbonyl (C=O) groups excluding carboxylic acids is 1. The first-order valence-corrected chi connectivity index (χ1v) is 7.55. The lowest BCUT2D eigenvalue weighted by molar-refractivity contribution is 0.211. The van der Waals surface area contributed by atoms with Crippen molar-refractivity contribution in [2.45, 2.75) is 45.7 Å². The first-order valence-electron chi connectivity index (χ1n) is 7.55. The van der Waals surface area contributed by atoms with Gasteiger partial charge in [-0.2, -0.15) is 0 Å². The molecule has 0 aliphatic rings. The second kappa shape index (κ2) is 9.23. The highest BCUT2D eigenvalue weighted by atomic mass is 16.5. The Morgan fingerprint density at radius 1 is 1.19 bits per heavy atom. The van der Waals surface area contributed by atoms with Crippen molar-refractivity contribution < 1.29 is 14.6 Å². The van der Waals surface area contributed by atoms with E-state index in [1.165, 1.54) is 0 Å². The van der Waals surface area contributed by atoms with Crippen LogP contribution in [0.1, 0.15) is 45.2 Å². The minimum atomic E-state index is -0.269. The average Bonchev–Trinajstić information content (AvgIpc) is 2.51. The van der Waals surface area contributed by atoms with Gasteiger partial charge < -0.3 is 20.5 Å². The minimum Gasteiger partial charge on any atom is -0.494 e. The number of amides is 2. The molecule has 118 valence electrons. The fourth-order valence-electron chi connectivity index (χ4n) is 2.12. The summed E-state index contributed by atoms with van der Waals surface area (Å²) in [6, 6.07) is 7.11. The van der Waals surface area contributed by atoms with Gasteiger partial charge in [0, 0.05) is 5.56 Å². The summed E-state index contributed by atoms with van der Waals surface area (Å²) in [5.41, 5.74) is 0.967. The summed E-state index contributed by atoms with van der Waals surface area (Å²) in [6.45, 7) is 6.39. The predicted molar refractivity (Wildman–Crippen MR) is 83.5 cm³/mol. The average molecular weight is 294 g/mol. The molecule has 21 heavy (non-hydrogen) atoms. The minimum absolute atomic E-state index is 0.0593. The number of hydrogen-bond donors (Lipinski definition) is 3. The molecule has 1 aromatic carbocycles. The number of carbonyl (C=O) groups is 1. The second-order valence-electron chi connectivity index (χ2n) is 4.84. The SMILES string of the molecule is CCOc1ccccc1C(CC)NC(=O)NC(CC)CO. The molecule has 0 aliphatic heterocycles. The van der Waals surface area contributed by atoms with E-state index in [1.54, 1.807) is 0 Å². The van der Waals surface area contributed by atoms with Crippen molar-refractivity contribution in [2.75, 3.05) is 13.2 Å². The van der Waals surface area contributed by atoms with Gasteiger partial charge in [-0.3, -0.25) is 0 Å². The topological polar surface area (TPSA) is 70.6 Å². The Morgan fingerprint density at radius 2 is 1.90 bits per heavy atom. The van der Waals surface area contributed by atoms with E-state index < -0.39 is 0 Å². The molecule has 0 radical (unpaired) electrons. The lowest BCUT2D eigenvalue weighted by Gasteiger charge is -2.22. The summed E-state index contributed by atoms with van der Waals surface area (Å²) < 4.78 is 5.61. The molecule has 1 rings (SSSR count). The van der Waals surface area contributed by atoms with Crippen LogP contribution in [0.4, 0.5) is 4.79 Å². The molecule has 0 spiro atoms. The number of urea groups is 1. The highest BCUT2D eigenvalue weighted by Crippen LogP contribution is 2.27. The third-order valence-electron chi connectivity index (χ3n) is 3.36. The van der Waals surface area contributed by atoms with Crippen LogP contribution < -0.4 is 15.4 Å². The van der Waals surface area contributed by atoms with Crippen molar-refractivity contribution in [1.82, 2.24) is 10.6 Å². The van der Waals surface area contributed by atoms with E-state index in [9.17, 15) is 4.79 Å². The van der Waals surface area contributed by atoms with Crippen LogP contribution in [-0.2, 0) is 0 Å². The third-order valence-corrected chi connectivity index (χ3v) is 3.36. The first-order chi connectivity index (χ1) is 10.2. The lowest BCUT2D eigenvalue weighted by atomic mass is 10.0. The Morgan fingerprint density at radius 3 is 2.48 bits per heavy atom. The number of benzene rings is 1. The quantitative estimate of drug-likeness (QED) is 0.690. The van der Waals surface area contributed by atoms with Gasteiger partial charge in [-0.1, -0.05) is 32.0 Å². The fraction of sp³-hybridized carbons (Fsp3) is 0.562. The van der Waals surface area contributed by atoms with Gasteiger partial charge >= 0.3 is 6.03 Å². The molecule has 5 nitrogen and oxygen atoms in total. The fourth-order valence-corrected chi connectivity index (χ4v) is 2.12. The van der Waals surface area contributed by atoms with Crippen molar-refractivity contribution >= 4 is 6.03 Å². The highest BCUT2D eigenvalue weighted by Gasteiger charge is 2.18. The summed E-state index contributed by atoms with van der Waals surface area (Å²) >= 11 is 0. The van der Waals surface area contributed by atoms with E-state index in [1.807, 2.05) is 45.0 Å². The maximum atomic E-state index is 12.0. The number of aliphatic hydroxyl groups excluding tert-OH is 1. The Kier molecular flexibility index (Phi) is 7.61. The van der Waals surface area contributed by atoms with Gasteiger partial charge in [-0.15, -0.1) is 0 Å². The molecule has 5 heteroatoms. The summed E-state index contributed by atoms with van der Waals surface area (Å²) in [7, 11) is 0. The van der Waals surface area contributed by atoms with Crippen molar-refractivity contribution in [1.29, 1.82) is 0 Å². The van der Waals surface area contributed by atoms with Crippen LogP contribution in [-0.4, -0.2) is 30.4 Å². The summed E-state index contributed by atoms with van der Waals surface area (Å²) in [5.74, 6) is 0.793. The molecule has 0 aliphatic carbocycles. The van der Waals surface area contributed by atoms with Crippen LogP contribution >= 0.6 is 0 Å². The van der Waals surface area contributed by atoms with Crippen molar-refractivity contribution in [2.24, 2.45) is 0 Å². The molecule has 3 N–H and O–H groups in total. The van der Waals surface area contributed by atoms with E-state index in [2.05, 4.69) is 10.6 Å². The Labute approximate surface area is 126 Å². The van der Waals surface area contributed by atoms with Crippen LogP contribution in [0, 0.1) is 0 Å². The Hall–Kier alpha value is -1.75. The van der Waals surface area contributed by atoms with E-state index in [4.69, 9.17) is 9.84 Å². The van der Waals surface area contributed by atoms with E-state index in [0.717, 1.165) is 17.7 Å². The molecule has 0 bridgehead atoms. The molecule has 2 amide bonds. The largest absolute Gasteiger partial charge is 0.494 e. The van der Waals surface area contributed by atoms with E-state index >= 15 is 0 Å². The molecule has 0 fully saturated rings. The highest BCUT2D eigenvalue weighted by molar-refractivity contribution is 5.75. The summed E-state index contributed by atoms with van der Waals surface area (Å²) in [4.78, 5) is 12.0. The number of ether oxygens (including phenoxy) is 1. The zero-order valence-electron chi connectivity index (χ0n) is 13.1. The first kappa shape index (κ1) is 17.3. The molecular weight excluding hydrogens is 268 g/mol. The molecule has 0 saturated heterocycles. The number of aliphatic hydroxyl groups is 1. The van der Waals surface area contributed by atoms with Crippen LogP contribution in [0.5, 0.6) is 5.75 Å². The Balaban J connectivity index is 2.77. The lowest BCUT2D eigenvalue weighted by Crippen LogP contribution is -2.44. The van der Waals surface area contributed by atoms with E-state index in [0.29, 0.717) is 13.0 Å². The monoisotopic (exact) mass is 294 g/mol. The van der Waals surface area contributed by atoms with Gasteiger partial charge in [-0.05, 0) is 25.8 Å². The smallest absolute Gasteiger partial charge is 0.315 e. The zero-order chi connectivity index (χ0) is 15.7. The second-order valence-corrected chi connectivity index (χ2v) is 4.84. The van der Waals surface area contributed by atoms with Gasteiger partial charge in [0.25, 0.3) is 0 Å². The van der Waals surface area contributed by atoms with Gasteiger partial charge in [0.05, 0.1) is 25.3 Å². The maximum absolute atomic E-state index is 12.0. The summed E-state index contributed by atoms with van der Waals surface area (Å²) in [6.07, 6.45) is 1.45. The van der Waals surface area contributed by atoms with Crippen molar-refractivity contribution in [3.8, 4) is 5.75 Å². The van der Waals surface area contributed by atoms with Gasteiger partial charge in [0.1, 0.15) is 5.75 Å². The number of hydrogen-bond acceptors (Lipinski definition) is 3. The Bertz CT molecular complexity index is 433. The van der Waals surface area contributed by atoms with Crippen LogP contribution in [0.2, 0.25) is 0 Å². The van der Waals surface area contributed by atoms with Crippen LogP contribution in [0.3, 0.4) is 0 Å². The van der Waals surface area contributed by atoms with Gasteiger partial charge in [0.2, 0.25) is 0 Å². The standard InChI is InChI=1S/C16H26N2O3/c1-4-12(11-19)17-16(20)18-14(5-2)13-9-7-8-10-15(13)21-6-3/h7-10,12,14,19H,4-6,11H2,1-3H3,(H2,17,18,20). The maximum Gasteiger partial charge on any atom is 0.315 e. The molecule has 2 unspecified atom stereocenters. The normalized spacial score (nSPS) is 13.3. The molecule has 2 atom stereocenters. The molecule has 1 aromatic rings. The molecular formula is C16H26N2O3. The predicted octanol–water partition coefficient (Wildman–Crippen LogP) is 2.61. The third kappa shape index (κ3) is 5.27. The molecule has 0 saturated carbocycles.